The van der Waals surface area contributed by atoms with Crippen LogP contribution in [0.1, 0.15) is 11.1 Å². The van der Waals surface area contributed by atoms with Crippen molar-refractivity contribution >= 4 is 10.9 Å². The van der Waals surface area contributed by atoms with Crippen molar-refractivity contribution in [1.82, 2.24) is 4.98 Å². The second kappa shape index (κ2) is 5.31. The summed E-state index contributed by atoms with van der Waals surface area (Å²) in [5, 5.41) is 1.07. The normalized spacial score (nSPS) is 10.7. The van der Waals surface area contributed by atoms with Gasteiger partial charge in [-0.2, -0.15) is 0 Å². The fraction of sp³-hybridized carbons (Fsp3) is 0.118. The number of benzene rings is 2. The van der Waals surface area contributed by atoms with Crippen LogP contribution in [0.25, 0.3) is 10.9 Å². The Kier molecular flexibility index (Phi) is 3.35. The van der Waals surface area contributed by atoms with E-state index in [1.807, 2.05) is 55.5 Å². The van der Waals surface area contributed by atoms with E-state index < -0.39 is 0 Å². The largest absolute Gasteiger partial charge is 0.455 e. The van der Waals surface area contributed by atoms with Crippen LogP contribution in [-0.4, -0.2) is 4.98 Å². The molecule has 0 aliphatic carbocycles. The summed E-state index contributed by atoms with van der Waals surface area (Å²) >= 11 is 0. The highest BCUT2D eigenvalue weighted by atomic mass is 16.5. The molecule has 3 nitrogen and oxygen atoms in total. The molecule has 0 aliphatic rings. The molecule has 3 heteroatoms. The predicted octanol–water partition coefficient (Wildman–Crippen LogP) is 3.79. The van der Waals surface area contributed by atoms with Gasteiger partial charge in [-0.1, -0.05) is 30.3 Å². The quantitative estimate of drug-likeness (QED) is 0.782. The minimum absolute atomic E-state index is 0.540. The highest BCUT2D eigenvalue weighted by Crippen LogP contribution is 2.27. The van der Waals surface area contributed by atoms with Gasteiger partial charge in [-0.15, -0.1) is 0 Å². The summed E-state index contributed by atoms with van der Waals surface area (Å²) in [4.78, 5) is 4.40. The van der Waals surface area contributed by atoms with Gasteiger partial charge in [-0.3, -0.25) is 4.98 Å². The van der Waals surface area contributed by atoms with Crippen LogP contribution in [0.4, 0.5) is 0 Å². The number of nitrogens with zero attached hydrogens (tertiary/aromatic N) is 1. The number of ether oxygens (including phenoxy) is 1. The lowest BCUT2D eigenvalue weighted by Crippen LogP contribution is -1.97. The maximum atomic E-state index is 5.91. The van der Waals surface area contributed by atoms with E-state index in [0.717, 1.165) is 33.5 Å². The zero-order valence-electron chi connectivity index (χ0n) is 11.3. The zero-order chi connectivity index (χ0) is 13.9. The van der Waals surface area contributed by atoms with E-state index in [1.54, 1.807) is 6.20 Å². The van der Waals surface area contributed by atoms with E-state index in [-0.39, 0.29) is 0 Å². The number of fused-ring (bicyclic) bond motifs is 1. The zero-order valence-corrected chi connectivity index (χ0v) is 11.3. The van der Waals surface area contributed by atoms with Crippen LogP contribution in [0, 0.1) is 6.92 Å². The summed E-state index contributed by atoms with van der Waals surface area (Å²) in [7, 11) is 0. The molecule has 0 saturated carbocycles. The number of hydrogen-bond donors (Lipinski definition) is 1. The van der Waals surface area contributed by atoms with E-state index in [2.05, 4.69) is 4.98 Å². The molecule has 20 heavy (non-hydrogen) atoms. The summed E-state index contributed by atoms with van der Waals surface area (Å²) in [5.41, 5.74) is 8.77. The fourth-order valence-electron chi connectivity index (χ4n) is 2.19. The Bertz CT molecular complexity index is 753. The van der Waals surface area contributed by atoms with Crippen LogP contribution in [0.3, 0.4) is 0 Å². The van der Waals surface area contributed by atoms with Crippen molar-refractivity contribution in [2.24, 2.45) is 5.73 Å². The van der Waals surface area contributed by atoms with Gasteiger partial charge in [0.15, 0.2) is 0 Å². The second-order valence-electron chi connectivity index (χ2n) is 4.77. The molecule has 0 saturated heterocycles. The molecule has 3 aromatic rings. The van der Waals surface area contributed by atoms with Gasteiger partial charge in [0, 0.05) is 11.9 Å². The molecule has 0 aliphatic heterocycles. The van der Waals surface area contributed by atoms with Gasteiger partial charge in [0.1, 0.15) is 11.5 Å². The molecule has 0 amide bonds. The van der Waals surface area contributed by atoms with Crippen molar-refractivity contribution < 1.29 is 4.74 Å². The summed E-state index contributed by atoms with van der Waals surface area (Å²) in [5.74, 6) is 1.58. The van der Waals surface area contributed by atoms with Crippen molar-refractivity contribution in [1.29, 1.82) is 0 Å². The van der Waals surface area contributed by atoms with Gasteiger partial charge in [-0.05, 0) is 36.2 Å². The third-order valence-corrected chi connectivity index (χ3v) is 3.27. The average molecular weight is 264 g/mol. The maximum Gasteiger partial charge on any atom is 0.146 e. The number of aromatic nitrogens is 1. The Balaban J connectivity index is 1.92. The summed E-state index contributed by atoms with van der Waals surface area (Å²) in [6.45, 7) is 2.56. The smallest absolute Gasteiger partial charge is 0.146 e. The second-order valence-corrected chi connectivity index (χ2v) is 4.77. The van der Waals surface area contributed by atoms with E-state index in [4.69, 9.17) is 10.5 Å². The van der Waals surface area contributed by atoms with Gasteiger partial charge in [0.2, 0.25) is 0 Å². The number of rotatable bonds is 3. The highest BCUT2D eigenvalue weighted by molar-refractivity contribution is 5.79. The molecule has 0 atom stereocenters. The van der Waals surface area contributed by atoms with Crippen molar-refractivity contribution in [3.63, 3.8) is 0 Å². The summed E-state index contributed by atoms with van der Waals surface area (Å²) < 4.78 is 5.91. The molecule has 3 rings (SSSR count). The lowest BCUT2D eigenvalue weighted by atomic mass is 10.1. The molecule has 0 spiro atoms. The first-order valence-electron chi connectivity index (χ1n) is 6.58. The topological polar surface area (TPSA) is 48.1 Å². The first kappa shape index (κ1) is 12.6. The lowest BCUT2D eigenvalue weighted by Gasteiger charge is -2.10. The third kappa shape index (κ3) is 2.49. The Morgan fingerprint density at radius 2 is 1.95 bits per heavy atom. The number of para-hydroxylation sites is 1. The predicted molar refractivity (Wildman–Crippen MR) is 80.9 cm³/mol. The van der Waals surface area contributed by atoms with Gasteiger partial charge < -0.3 is 10.5 Å². The Hall–Kier alpha value is -2.39. The number of pyridine rings is 1. The van der Waals surface area contributed by atoms with Crippen LogP contribution in [-0.2, 0) is 6.54 Å². The van der Waals surface area contributed by atoms with Gasteiger partial charge in [0.05, 0.1) is 11.7 Å². The molecule has 0 radical (unpaired) electrons. The Morgan fingerprint density at radius 3 is 2.75 bits per heavy atom. The van der Waals surface area contributed by atoms with Crippen LogP contribution in [0.5, 0.6) is 11.5 Å². The summed E-state index contributed by atoms with van der Waals surface area (Å²) in [6, 6.07) is 16.0. The summed E-state index contributed by atoms with van der Waals surface area (Å²) in [6.07, 6.45) is 1.75. The maximum absolute atomic E-state index is 5.91. The molecule has 100 valence electrons. The monoisotopic (exact) mass is 264 g/mol. The minimum atomic E-state index is 0.540. The van der Waals surface area contributed by atoms with Crippen molar-refractivity contribution in [3.05, 3.63) is 65.9 Å². The van der Waals surface area contributed by atoms with E-state index in [9.17, 15) is 0 Å². The first-order chi connectivity index (χ1) is 9.76. The number of nitrogens with two attached hydrogens (primary N) is 1. The van der Waals surface area contributed by atoms with Crippen LogP contribution in [0.15, 0.2) is 54.7 Å². The van der Waals surface area contributed by atoms with Crippen LogP contribution < -0.4 is 10.5 Å². The van der Waals surface area contributed by atoms with E-state index in [0.29, 0.717) is 6.54 Å². The van der Waals surface area contributed by atoms with Crippen molar-refractivity contribution in [2.75, 3.05) is 0 Å². The average Bonchev–Trinajstić information content (AvgIpc) is 2.49. The van der Waals surface area contributed by atoms with Gasteiger partial charge in [-0.25, -0.2) is 0 Å². The van der Waals surface area contributed by atoms with Gasteiger partial charge >= 0.3 is 0 Å². The third-order valence-electron chi connectivity index (χ3n) is 3.27. The molecule has 0 bridgehead atoms. The van der Waals surface area contributed by atoms with E-state index >= 15 is 0 Å². The van der Waals surface area contributed by atoms with Crippen LogP contribution >= 0.6 is 0 Å². The lowest BCUT2D eigenvalue weighted by molar-refractivity contribution is 0.477. The SMILES string of the molecule is Cc1cc(CN)ccc1Oc1cnc2ccccc2c1. The molecule has 0 fully saturated rings. The first-order valence-corrected chi connectivity index (χ1v) is 6.58. The van der Waals surface area contributed by atoms with Crippen molar-refractivity contribution in [3.8, 4) is 11.5 Å². The molecule has 2 N–H and O–H groups in total. The number of hydrogen-bond acceptors (Lipinski definition) is 3. The molecular formula is C17H16N2O. The molecule has 0 unspecified atom stereocenters. The number of aryl methyl sites for hydroxylation is 1. The fourth-order valence-corrected chi connectivity index (χ4v) is 2.19. The highest BCUT2D eigenvalue weighted by Gasteiger charge is 2.04. The Labute approximate surface area is 118 Å². The minimum Gasteiger partial charge on any atom is -0.455 e. The van der Waals surface area contributed by atoms with Gasteiger partial charge in [0.25, 0.3) is 0 Å². The Morgan fingerprint density at radius 1 is 1.10 bits per heavy atom. The molecule has 1 heterocycles. The molecular weight excluding hydrogens is 248 g/mol. The standard InChI is InChI=1S/C17H16N2O/c1-12-8-13(10-18)6-7-17(12)20-15-9-14-4-2-3-5-16(14)19-11-15/h2-9,11H,10,18H2,1H3. The molecule has 2 aromatic carbocycles. The van der Waals surface area contributed by atoms with Crippen LogP contribution in [0.2, 0.25) is 0 Å². The molecule has 1 aromatic heterocycles. The van der Waals surface area contributed by atoms with Crippen molar-refractivity contribution in [2.45, 2.75) is 13.5 Å². The van der Waals surface area contributed by atoms with E-state index in [1.165, 1.54) is 0 Å².